The molecule has 0 unspecified atom stereocenters. The standard InChI is InChI=1S/C11H20F3N3O2/c1-15(2)3-4-16-5-7-17(8-6-16)10(18)19-9-11(12,13)14/h3-9H2,1-2H3. The molecule has 0 spiro atoms. The van der Waals surface area contributed by atoms with Crippen LogP contribution in [0.1, 0.15) is 0 Å². The first-order chi connectivity index (χ1) is 8.78. The van der Waals surface area contributed by atoms with Crippen molar-refractivity contribution >= 4 is 6.09 Å². The molecule has 8 heteroatoms. The fourth-order valence-corrected chi connectivity index (χ4v) is 1.73. The minimum absolute atomic E-state index is 0.407. The Labute approximate surface area is 110 Å². The Morgan fingerprint density at radius 1 is 1.21 bits per heavy atom. The van der Waals surface area contributed by atoms with Crippen LogP contribution in [0.2, 0.25) is 0 Å². The first-order valence-corrected chi connectivity index (χ1v) is 6.13. The highest BCUT2D eigenvalue weighted by atomic mass is 19.4. The average molecular weight is 283 g/mol. The third-order valence-corrected chi connectivity index (χ3v) is 2.85. The normalized spacial score (nSPS) is 17.9. The molecule has 5 nitrogen and oxygen atoms in total. The van der Waals surface area contributed by atoms with E-state index in [0.29, 0.717) is 26.2 Å². The van der Waals surface area contributed by atoms with Gasteiger partial charge in [0.1, 0.15) is 0 Å². The molecule has 1 heterocycles. The van der Waals surface area contributed by atoms with Crippen LogP contribution in [0.4, 0.5) is 18.0 Å². The molecule has 0 saturated carbocycles. The Morgan fingerprint density at radius 3 is 2.26 bits per heavy atom. The lowest BCUT2D eigenvalue weighted by Gasteiger charge is -2.34. The number of hydrogen-bond acceptors (Lipinski definition) is 4. The minimum Gasteiger partial charge on any atom is -0.440 e. The molecule has 0 radical (unpaired) electrons. The fourth-order valence-electron chi connectivity index (χ4n) is 1.73. The van der Waals surface area contributed by atoms with Crippen molar-refractivity contribution in [1.82, 2.24) is 14.7 Å². The van der Waals surface area contributed by atoms with Gasteiger partial charge in [-0.2, -0.15) is 13.2 Å². The van der Waals surface area contributed by atoms with Crippen molar-refractivity contribution in [3.63, 3.8) is 0 Å². The second-order valence-electron chi connectivity index (χ2n) is 4.80. The molecular weight excluding hydrogens is 263 g/mol. The van der Waals surface area contributed by atoms with Gasteiger partial charge >= 0.3 is 12.3 Å². The summed E-state index contributed by atoms with van der Waals surface area (Å²) in [5, 5.41) is 0. The van der Waals surface area contributed by atoms with Gasteiger partial charge < -0.3 is 14.5 Å². The van der Waals surface area contributed by atoms with Crippen molar-refractivity contribution < 1.29 is 22.7 Å². The zero-order valence-corrected chi connectivity index (χ0v) is 11.2. The topological polar surface area (TPSA) is 36.0 Å². The van der Waals surface area contributed by atoms with Gasteiger partial charge in [0.05, 0.1) is 0 Å². The predicted octanol–water partition coefficient (Wildman–Crippen LogP) is 0.865. The lowest BCUT2D eigenvalue weighted by molar-refractivity contribution is -0.162. The van der Waals surface area contributed by atoms with Crippen LogP contribution in [0.15, 0.2) is 0 Å². The molecule has 0 atom stereocenters. The SMILES string of the molecule is CN(C)CCN1CCN(C(=O)OCC(F)(F)F)CC1. The quantitative estimate of drug-likeness (QED) is 0.767. The van der Waals surface area contributed by atoms with Gasteiger partial charge in [0, 0.05) is 39.3 Å². The summed E-state index contributed by atoms with van der Waals surface area (Å²) in [4.78, 5) is 16.9. The van der Waals surface area contributed by atoms with E-state index in [4.69, 9.17) is 0 Å². The molecule has 0 aromatic carbocycles. The number of carbonyl (C=O) groups excluding carboxylic acids is 1. The molecule has 1 rings (SSSR count). The number of halogens is 3. The molecule has 0 aromatic rings. The molecule has 1 aliphatic heterocycles. The number of hydrogen-bond donors (Lipinski definition) is 0. The van der Waals surface area contributed by atoms with Gasteiger partial charge in [-0.1, -0.05) is 0 Å². The summed E-state index contributed by atoms with van der Waals surface area (Å²) in [5.74, 6) is 0. The van der Waals surface area contributed by atoms with Crippen LogP contribution in [0.3, 0.4) is 0 Å². The summed E-state index contributed by atoms with van der Waals surface area (Å²) < 4.78 is 40.0. The van der Waals surface area contributed by atoms with Gasteiger partial charge in [-0.15, -0.1) is 0 Å². The average Bonchev–Trinajstić information content (AvgIpc) is 2.33. The highest BCUT2D eigenvalue weighted by molar-refractivity contribution is 5.67. The van der Waals surface area contributed by atoms with E-state index in [9.17, 15) is 18.0 Å². The van der Waals surface area contributed by atoms with Crippen LogP contribution < -0.4 is 0 Å². The fraction of sp³-hybridized carbons (Fsp3) is 0.909. The van der Waals surface area contributed by atoms with Crippen molar-refractivity contribution in [3.8, 4) is 0 Å². The van der Waals surface area contributed by atoms with Crippen LogP contribution in [0, 0.1) is 0 Å². The van der Waals surface area contributed by atoms with E-state index in [-0.39, 0.29) is 0 Å². The second kappa shape index (κ2) is 6.95. The van der Waals surface area contributed by atoms with Crippen molar-refractivity contribution in [2.75, 3.05) is 60.0 Å². The maximum absolute atomic E-state index is 11.9. The van der Waals surface area contributed by atoms with E-state index in [1.54, 1.807) is 0 Å². The third-order valence-electron chi connectivity index (χ3n) is 2.85. The first kappa shape index (κ1) is 16.0. The second-order valence-corrected chi connectivity index (χ2v) is 4.80. The first-order valence-electron chi connectivity index (χ1n) is 6.13. The highest BCUT2D eigenvalue weighted by Crippen LogP contribution is 2.15. The van der Waals surface area contributed by atoms with Crippen LogP contribution in [-0.2, 0) is 4.74 Å². The van der Waals surface area contributed by atoms with Crippen molar-refractivity contribution in [1.29, 1.82) is 0 Å². The maximum Gasteiger partial charge on any atom is 0.422 e. The van der Waals surface area contributed by atoms with E-state index in [1.165, 1.54) is 4.90 Å². The monoisotopic (exact) mass is 283 g/mol. The zero-order chi connectivity index (χ0) is 14.5. The van der Waals surface area contributed by atoms with E-state index in [0.717, 1.165) is 13.1 Å². The largest absolute Gasteiger partial charge is 0.440 e. The summed E-state index contributed by atoms with van der Waals surface area (Å²) in [6.07, 6.45) is -5.35. The van der Waals surface area contributed by atoms with Gasteiger partial charge in [-0.05, 0) is 14.1 Å². The number of ether oxygens (including phenoxy) is 1. The molecule has 0 aliphatic carbocycles. The van der Waals surface area contributed by atoms with Gasteiger partial charge in [0.15, 0.2) is 6.61 Å². The number of piperazine rings is 1. The van der Waals surface area contributed by atoms with Gasteiger partial charge in [-0.3, -0.25) is 4.90 Å². The van der Waals surface area contributed by atoms with Crippen LogP contribution >= 0.6 is 0 Å². The predicted molar refractivity (Wildman–Crippen MR) is 64.0 cm³/mol. The lowest BCUT2D eigenvalue weighted by Crippen LogP contribution is -2.50. The highest BCUT2D eigenvalue weighted by Gasteiger charge is 2.31. The van der Waals surface area contributed by atoms with Gasteiger partial charge in [0.2, 0.25) is 0 Å². The van der Waals surface area contributed by atoms with Crippen molar-refractivity contribution in [3.05, 3.63) is 0 Å². The smallest absolute Gasteiger partial charge is 0.422 e. The Bertz CT molecular complexity index is 289. The summed E-state index contributed by atoms with van der Waals surface area (Å²) in [6.45, 7) is 2.42. The number of likely N-dealkylation sites (N-methyl/N-ethyl adjacent to an activating group) is 1. The molecular formula is C11H20F3N3O2. The maximum atomic E-state index is 11.9. The summed E-state index contributed by atoms with van der Waals surface area (Å²) in [5.41, 5.74) is 0. The molecule has 1 amide bonds. The van der Waals surface area contributed by atoms with Gasteiger partial charge in [-0.25, -0.2) is 4.79 Å². The van der Waals surface area contributed by atoms with Crippen LogP contribution in [0.25, 0.3) is 0 Å². The van der Waals surface area contributed by atoms with Crippen molar-refractivity contribution in [2.24, 2.45) is 0 Å². The molecule has 0 bridgehead atoms. The number of alkyl halides is 3. The molecule has 19 heavy (non-hydrogen) atoms. The number of amides is 1. The Balaban J connectivity index is 2.23. The molecule has 0 aromatic heterocycles. The molecule has 1 aliphatic rings. The van der Waals surface area contributed by atoms with Gasteiger partial charge in [0.25, 0.3) is 0 Å². The Kier molecular flexibility index (Phi) is 5.86. The van der Waals surface area contributed by atoms with Crippen LogP contribution in [0.5, 0.6) is 0 Å². The Hall–Kier alpha value is -1.02. The molecule has 0 N–H and O–H groups in total. The Morgan fingerprint density at radius 2 is 1.79 bits per heavy atom. The summed E-state index contributed by atoms with van der Waals surface area (Å²) in [7, 11) is 3.95. The molecule has 1 saturated heterocycles. The number of rotatable bonds is 4. The van der Waals surface area contributed by atoms with Crippen molar-refractivity contribution in [2.45, 2.75) is 6.18 Å². The number of nitrogens with zero attached hydrogens (tertiary/aromatic N) is 3. The summed E-state index contributed by atoms with van der Waals surface area (Å²) in [6, 6.07) is 0. The zero-order valence-electron chi connectivity index (χ0n) is 11.2. The summed E-state index contributed by atoms with van der Waals surface area (Å²) >= 11 is 0. The van der Waals surface area contributed by atoms with Crippen LogP contribution in [-0.4, -0.2) is 86.9 Å². The third kappa shape index (κ3) is 6.63. The van der Waals surface area contributed by atoms with E-state index < -0.39 is 18.9 Å². The van der Waals surface area contributed by atoms with E-state index in [1.807, 2.05) is 14.1 Å². The molecule has 1 fully saturated rings. The van der Waals surface area contributed by atoms with E-state index >= 15 is 0 Å². The number of carbonyl (C=O) groups is 1. The lowest BCUT2D eigenvalue weighted by atomic mass is 10.3. The van der Waals surface area contributed by atoms with E-state index in [2.05, 4.69) is 14.5 Å². The molecule has 112 valence electrons. The minimum atomic E-state index is -4.47.